The lowest BCUT2D eigenvalue weighted by molar-refractivity contribution is -0.119. The number of rotatable bonds is 10. The van der Waals surface area contributed by atoms with Gasteiger partial charge < -0.3 is 15.0 Å². The predicted molar refractivity (Wildman–Crippen MR) is 143 cm³/mol. The van der Waals surface area contributed by atoms with Crippen molar-refractivity contribution in [2.75, 3.05) is 35.4 Å². The number of nitrogens with one attached hydrogen (secondary N) is 1. The molecule has 36 heavy (non-hydrogen) atoms. The maximum Gasteiger partial charge on any atom is 0.264 e. The summed E-state index contributed by atoms with van der Waals surface area (Å²) in [4.78, 5) is 15.4. The second-order valence-corrected chi connectivity index (χ2v) is 10.8. The standard InChI is InChI=1S/C28H33N3O4S/c1-3-35-26-14-16-27(17-15-26)36(33,34)31(25-10-6-22(2)7-11-25)21-28(32)29-20-23-8-12-24(13-9-23)30-18-4-5-19-30/h6-17H,3-5,18-21H2,1-2H3,(H,29,32). The third-order valence-corrected chi connectivity index (χ3v) is 8.02. The summed E-state index contributed by atoms with van der Waals surface area (Å²) >= 11 is 0. The van der Waals surface area contributed by atoms with Crippen molar-refractivity contribution in [1.82, 2.24) is 5.32 Å². The molecule has 1 fully saturated rings. The molecule has 0 radical (unpaired) electrons. The van der Waals surface area contributed by atoms with Crippen molar-refractivity contribution in [3.05, 3.63) is 83.9 Å². The molecular formula is C28H33N3O4S. The molecule has 0 bridgehead atoms. The highest BCUT2D eigenvalue weighted by Crippen LogP contribution is 2.26. The Bertz CT molecular complexity index is 1250. The van der Waals surface area contributed by atoms with E-state index in [1.54, 1.807) is 24.3 Å². The highest BCUT2D eigenvalue weighted by Gasteiger charge is 2.27. The predicted octanol–water partition coefficient (Wildman–Crippen LogP) is 4.51. The van der Waals surface area contributed by atoms with Gasteiger partial charge >= 0.3 is 0 Å². The van der Waals surface area contributed by atoms with Gasteiger partial charge in [-0.1, -0.05) is 29.8 Å². The molecule has 4 rings (SSSR count). The van der Waals surface area contributed by atoms with Crippen LogP contribution in [0.4, 0.5) is 11.4 Å². The van der Waals surface area contributed by atoms with E-state index in [0.29, 0.717) is 24.6 Å². The SMILES string of the molecule is CCOc1ccc(S(=O)(=O)N(CC(=O)NCc2ccc(N3CCCC3)cc2)c2ccc(C)cc2)cc1. The van der Waals surface area contributed by atoms with Crippen molar-refractivity contribution in [3.63, 3.8) is 0 Å². The number of carbonyl (C=O) groups is 1. The van der Waals surface area contributed by atoms with Crippen LogP contribution >= 0.6 is 0 Å². The van der Waals surface area contributed by atoms with Crippen LogP contribution < -0.4 is 19.3 Å². The first-order valence-electron chi connectivity index (χ1n) is 12.3. The molecule has 190 valence electrons. The van der Waals surface area contributed by atoms with Crippen LogP contribution in [0.2, 0.25) is 0 Å². The van der Waals surface area contributed by atoms with Gasteiger partial charge in [0, 0.05) is 25.3 Å². The van der Waals surface area contributed by atoms with Crippen LogP contribution in [0.1, 0.15) is 30.9 Å². The zero-order valence-corrected chi connectivity index (χ0v) is 21.6. The molecule has 0 aliphatic carbocycles. The molecule has 1 saturated heterocycles. The minimum atomic E-state index is -3.98. The van der Waals surface area contributed by atoms with Crippen LogP contribution in [0.3, 0.4) is 0 Å². The third kappa shape index (κ3) is 6.18. The van der Waals surface area contributed by atoms with E-state index in [9.17, 15) is 13.2 Å². The van der Waals surface area contributed by atoms with E-state index in [4.69, 9.17) is 4.74 Å². The summed E-state index contributed by atoms with van der Waals surface area (Å²) in [5.41, 5.74) is 3.58. The largest absolute Gasteiger partial charge is 0.494 e. The summed E-state index contributed by atoms with van der Waals surface area (Å²) in [5.74, 6) is 0.209. The van der Waals surface area contributed by atoms with Crippen LogP contribution in [0.25, 0.3) is 0 Å². The fraction of sp³-hybridized carbons (Fsp3) is 0.321. The van der Waals surface area contributed by atoms with Gasteiger partial charge in [0.25, 0.3) is 10.0 Å². The molecule has 0 atom stereocenters. The highest BCUT2D eigenvalue weighted by molar-refractivity contribution is 7.92. The Hall–Kier alpha value is -3.52. The topological polar surface area (TPSA) is 79.0 Å². The number of amides is 1. The van der Waals surface area contributed by atoms with E-state index < -0.39 is 10.0 Å². The molecule has 1 aliphatic rings. The molecule has 1 heterocycles. The monoisotopic (exact) mass is 507 g/mol. The maximum absolute atomic E-state index is 13.6. The van der Waals surface area contributed by atoms with Crippen LogP contribution in [-0.2, 0) is 21.4 Å². The molecule has 0 aromatic heterocycles. The first kappa shape index (κ1) is 25.6. The van der Waals surface area contributed by atoms with Crippen molar-refractivity contribution < 1.29 is 17.9 Å². The Kier molecular flexibility index (Phi) is 8.15. The van der Waals surface area contributed by atoms with Gasteiger partial charge in [0.1, 0.15) is 12.3 Å². The third-order valence-electron chi connectivity index (χ3n) is 6.23. The Balaban J connectivity index is 1.48. The second-order valence-electron chi connectivity index (χ2n) is 8.89. The molecule has 3 aromatic rings. The number of anilines is 2. The van der Waals surface area contributed by atoms with Crippen LogP contribution in [0.15, 0.2) is 77.7 Å². The van der Waals surface area contributed by atoms with E-state index in [-0.39, 0.29) is 17.3 Å². The Labute approximate surface area is 213 Å². The van der Waals surface area contributed by atoms with E-state index in [1.807, 2.05) is 38.1 Å². The average molecular weight is 508 g/mol. The molecule has 0 spiro atoms. The summed E-state index contributed by atoms with van der Waals surface area (Å²) in [7, 11) is -3.98. The number of sulfonamides is 1. The number of hydrogen-bond donors (Lipinski definition) is 1. The highest BCUT2D eigenvalue weighted by atomic mass is 32.2. The van der Waals surface area contributed by atoms with E-state index in [2.05, 4.69) is 22.3 Å². The summed E-state index contributed by atoms with van der Waals surface area (Å²) in [6.45, 7) is 6.43. The van der Waals surface area contributed by atoms with Crippen molar-refractivity contribution >= 4 is 27.3 Å². The van der Waals surface area contributed by atoms with Crippen LogP contribution in [0, 0.1) is 6.92 Å². The number of hydrogen-bond acceptors (Lipinski definition) is 5. The Morgan fingerprint density at radius 2 is 1.58 bits per heavy atom. The number of ether oxygens (including phenoxy) is 1. The molecule has 3 aromatic carbocycles. The van der Waals surface area contributed by atoms with Crippen molar-refractivity contribution in [3.8, 4) is 5.75 Å². The van der Waals surface area contributed by atoms with Crippen molar-refractivity contribution in [1.29, 1.82) is 0 Å². The van der Waals surface area contributed by atoms with E-state index in [1.165, 1.54) is 30.7 Å². The lowest BCUT2D eigenvalue weighted by atomic mass is 10.2. The quantitative estimate of drug-likeness (QED) is 0.437. The van der Waals surface area contributed by atoms with Gasteiger partial charge in [0.2, 0.25) is 5.91 Å². The van der Waals surface area contributed by atoms with Gasteiger partial charge in [-0.15, -0.1) is 0 Å². The zero-order valence-electron chi connectivity index (χ0n) is 20.8. The molecule has 8 heteroatoms. The molecule has 0 saturated carbocycles. The zero-order chi connectivity index (χ0) is 25.5. The van der Waals surface area contributed by atoms with E-state index in [0.717, 1.165) is 28.5 Å². The van der Waals surface area contributed by atoms with Crippen LogP contribution in [0.5, 0.6) is 5.75 Å². The van der Waals surface area contributed by atoms with E-state index >= 15 is 0 Å². The number of nitrogens with zero attached hydrogens (tertiary/aromatic N) is 2. The minimum Gasteiger partial charge on any atom is -0.494 e. The summed E-state index contributed by atoms with van der Waals surface area (Å²) in [6, 6.07) is 21.5. The van der Waals surface area contributed by atoms with Gasteiger partial charge in [0.15, 0.2) is 0 Å². The molecule has 1 aliphatic heterocycles. The number of benzene rings is 3. The van der Waals surface area contributed by atoms with Crippen LogP contribution in [-0.4, -0.2) is 40.6 Å². The molecular weight excluding hydrogens is 474 g/mol. The van der Waals surface area contributed by atoms with Gasteiger partial charge in [-0.2, -0.15) is 0 Å². The lowest BCUT2D eigenvalue weighted by Gasteiger charge is -2.24. The minimum absolute atomic E-state index is 0.0943. The second kappa shape index (κ2) is 11.5. The Morgan fingerprint density at radius 3 is 2.19 bits per heavy atom. The molecule has 1 amide bonds. The Morgan fingerprint density at radius 1 is 0.944 bits per heavy atom. The smallest absolute Gasteiger partial charge is 0.264 e. The first-order chi connectivity index (χ1) is 17.4. The van der Waals surface area contributed by atoms with Gasteiger partial charge in [0.05, 0.1) is 17.2 Å². The maximum atomic E-state index is 13.6. The molecule has 7 nitrogen and oxygen atoms in total. The summed E-state index contributed by atoms with van der Waals surface area (Å²) in [6.07, 6.45) is 2.43. The first-order valence-corrected chi connectivity index (χ1v) is 13.7. The van der Waals surface area contributed by atoms with Crippen molar-refractivity contribution in [2.45, 2.75) is 38.1 Å². The van der Waals surface area contributed by atoms with Crippen molar-refractivity contribution in [2.24, 2.45) is 0 Å². The summed E-state index contributed by atoms with van der Waals surface area (Å²) in [5, 5.41) is 2.87. The average Bonchev–Trinajstić information content (AvgIpc) is 3.43. The normalized spacial score (nSPS) is 13.4. The summed E-state index contributed by atoms with van der Waals surface area (Å²) < 4.78 is 33.7. The van der Waals surface area contributed by atoms with Gasteiger partial charge in [-0.25, -0.2) is 8.42 Å². The van der Waals surface area contributed by atoms with Gasteiger partial charge in [-0.05, 0) is 80.8 Å². The number of carbonyl (C=O) groups excluding carboxylic acids is 1. The lowest BCUT2D eigenvalue weighted by Crippen LogP contribution is -2.40. The molecule has 1 N–H and O–H groups in total. The number of aryl methyl sites for hydroxylation is 1. The molecule has 0 unspecified atom stereocenters. The fourth-order valence-electron chi connectivity index (χ4n) is 4.21. The fourth-order valence-corrected chi connectivity index (χ4v) is 5.64. The van der Waals surface area contributed by atoms with Gasteiger partial charge in [-0.3, -0.25) is 9.10 Å².